The van der Waals surface area contributed by atoms with E-state index in [4.69, 9.17) is 0 Å². The molecule has 1 aromatic carbocycles. The molecule has 6 heteroatoms. The van der Waals surface area contributed by atoms with E-state index in [2.05, 4.69) is 70.2 Å². The van der Waals surface area contributed by atoms with Crippen molar-refractivity contribution >= 4 is 34.4 Å². The molecule has 1 atom stereocenters. The normalized spacial score (nSPS) is 19.0. The van der Waals surface area contributed by atoms with Crippen molar-refractivity contribution in [2.45, 2.75) is 42.6 Å². The molecule has 0 aliphatic carbocycles. The number of nitrogens with zero attached hydrogens (tertiary/aromatic N) is 4. The number of thioether (sulfide) groups is 2. The summed E-state index contributed by atoms with van der Waals surface area (Å²) < 4.78 is 0. The third-order valence-corrected chi connectivity index (χ3v) is 7.41. The number of fused-ring (bicyclic) bond motifs is 1. The molecule has 2 aliphatic rings. The summed E-state index contributed by atoms with van der Waals surface area (Å²) in [6.45, 7) is 9.55. The van der Waals surface area contributed by atoms with Gasteiger partial charge in [-0.25, -0.2) is 4.98 Å². The van der Waals surface area contributed by atoms with Gasteiger partial charge in [0.15, 0.2) is 0 Å². The molecule has 3 heterocycles. The molecule has 0 saturated carbocycles. The summed E-state index contributed by atoms with van der Waals surface area (Å²) in [5.41, 5.74) is 2.78. The van der Waals surface area contributed by atoms with Gasteiger partial charge in [0.05, 0.1) is 11.6 Å². The van der Waals surface area contributed by atoms with E-state index >= 15 is 0 Å². The third kappa shape index (κ3) is 4.39. The number of anilines is 1. The van der Waals surface area contributed by atoms with Gasteiger partial charge in [0.25, 0.3) is 0 Å². The van der Waals surface area contributed by atoms with E-state index in [9.17, 15) is 0 Å². The Kier molecular flexibility index (Phi) is 6.28. The van der Waals surface area contributed by atoms with Gasteiger partial charge in [0.1, 0.15) is 5.82 Å². The van der Waals surface area contributed by atoms with Crippen LogP contribution in [0.4, 0.5) is 5.82 Å². The molecule has 148 valence electrons. The van der Waals surface area contributed by atoms with Crippen LogP contribution in [0.25, 0.3) is 0 Å². The molecule has 1 unspecified atom stereocenters. The molecular formula is C22H28N4S2. The molecular weight excluding hydrogens is 384 g/mol. The summed E-state index contributed by atoms with van der Waals surface area (Å²) in [4.78, 5) is 16.9. The lowest BCUT2D eigenvalue weighted by molar-refractivity contribution is 0.226. The summed E-state index contributed by atoms with van der Waals surface area (Å²) in [6, 6.07) is 11.7. The minimum absolute atomic E-state index is 0.425. The lowest BCUT2D eigenvalue weighted by Crippen LogP contribution is -2.32. The lowest BCUT2D eigenvalue weighted by Gasteiger charge is -2.29. The van der Waals surface area contributed by atoms with Crippen LogP contribution in [0.2, 0.25) is 0 Å². The first kappa shape index (κ1) is 19.8. The largest absolute Gasteiger partial charge is 0.355 e. The molecule has 4 nitrogen and oxygen atoms in total. The van der Waals surface area contributed by atoms with E-state index in [0.29, 0.717) is 6.04 Å². The van der Waals surface area contributed by atoms with Crippen LogP contribution in [0.15, 0.2) is 51.3 Å². The third-order valence-electron chi connectivity index (χ3n) is 5.66. The number of rotatable bonds is 4. The van der Waals surface area contributed by atoms with Crippen molar-refractivity contribution in [2.24, 2.45) is 4.99 Å². The van der Waals surface area contributed by atoms with Crippen molar-refractivity contribution in [3.05, 3.63) is 47.7 Å². The van der Waals surface area contributed by atoms with E-state index in [0.717, 1.165) is 38.5 Å². The average molecular weight is 413 g/mol. The Bertz CT molecular complexity index is 850. The number of hydrogen-bond acceptors (Lipinski definition) is 6. The van der Waals surface area contributed by atoms with Crippen molar-refractivity contribution in [1.29, 1.82) is 0 Å². The maximum absolute atomic E-state index is 4.67. The maximum atomic E-state index is 4.67. The van der Waals surface area contributed by atoms with E-state index in [1.807, 2.05) is 6.20 Å². The monoisotopic (exact) mass is 412 g/mol. The van der Waals surface area contributed by atoms with Gasteiger partial charge < -0.3 is 4.90 Å². The molecule has 1 aromatic heterocycles. The van der Waals surface area contributed by atoms with Crippen molar-refractivity contribution in [3.63, 3.8) is 0 Å². The molecule has 2 aliphatic heterocycles. The zero-order chi connectivity index (χ0) is 19.5. The second kappa shape index (κ2) is 8.89. The van der Waals surface area contributed by atoms with Crippen molar-refractivity contribution in [3.8, 4) is 0 Å². The Morgan fingerprint density at radius 2 is 2.00 bits per heavy atom. The Balaban J connectivity index is 1.43. The lowest BCUT2D eigenvalue weighted by atomic mass is 10.0. The van der Waals surface area contributed by atoms with E-state index < -0.39 is 0 Å². The van der Waals surface area contributed by atoms with Crippen LogP contribution in [0.1, 0.15) is 37.4 Å². The highest BCUT2D eigenvalue weighted by Crippen LogP contribution is 2.33. The first-order valence-corrected chi connectivity index (χ1v) is 12.0. The highest BCUT2D eigenvalue weighted by molar-refractivity contribution is 8.14. The molecule has 1 saturated heterocycles. The molecule has 28 heavy (non-hydrogen) atoms. The Morgan fingerprint density at radius 1 is 1.11 bits per heavy atom. The van der Waals surface area contributed by atoms with E-state index in [1.54, 1.807) is 23.5 Å². The average Bonchev–Trinajstić information content (AvgIpc) is 2.99. The fourth-order valence-electron chi connectivity index (χ4n) is 3.92. The van der Waals surface area contributed by atoms with Gasteiger partial charge in [-0.05, 0) is 55.9 Å². The highest BCUT2D eigenvalue weighted by Gasteiger charge is 2.22. The summed E-state index contributed by atoms with van der Waals surface area (Å²) in [5.74, 6) is 1.10. The summed E-state index contributed by atoms with van der Waals surface area (Å²) in [6.07, 6.45) is 5.25. The van der Waals surface area contributed by atoms with Crippen molar-refractivity contribution in [2.75, 3.05) is 37.3 Å². The molecule has 2 aromatic rings. The first-order valence-electron chi connectivity index (χ1n) is 9.95. The molecule has 1 fully saturated rings. The van der Waals surface area contributed by atoms with Crippen LogP contribution in [0.3, 0.4) is 0 Å². The van der Waals surface area contributed by atoms with Gasteiger partial charge in [-0.1, -0.05) is 23.9 Å². The predicted molar refractivity (Wildman–Crippen MR) is 122 cm³/mol. The number of pyridine rings is 1. The van der Waals surface area contributed by atoms with Gasteiger partial charge in [-0.3, -0.25) is 9.89 Å². The fraction of sp³-hybridized carbons (Fsp3) is 0.455. The highest BCUT2D eigenvalue weighted by atomic mass is 32.2. The molecule has 0 bridgehead atoms. The van der Waals surface area contributed by atoms with Crippen LogP contribution in [0, 0.1) is 0 Å². The van der Waals surface area contributed by atoms with Crippen LogP contribution < -0.4 is 4.90 Å². The quantitative estimate of drug-likeness (QED) is 0.652. The smallest absolute Gasteiger partial charge is 0.128 e. The topological polar surface area (TPSA) is 31.7 Å². The van der Waals surface area contributed by atoms with Crippen LogP contribution in [0.5, 0.6) is 0 Å². The predicted octanol–water partition coefficient (Wildman–Crippen LogP) is 5.10. The first-order chi connectivity index (χ1) is 13.6. The van der Waals surface area contributed by atoms with Crippen molar-refractivity contribution < 1.29 is 0 Å². The van der Waals surface area contributed by atoms with Gasteiger partial charge in [0.2, 0.25) is 0 Å². The second-order valence-electron chi connectivity index (χ2n) is 7.41. The standard InChI is InChI=1S/C22H28N4S2/c1-16(18-5-7-21-19(13-18)14-23-17(2)28-21)25-9-4-10-26(12-11-25)22-8-6-20(27-3)15-24-22/h5-8,13,15-16H,4,9-12,14H2,1-3H3. The minimum Gasteiger partial charge on any atom is -0.355 e. The van der Waals surface area contributed by atoms with Crippen molar-refractivity contribution in [1.82, 2.24) is 9.88 Å². The summed E-state index contributed by atoms with van der Waals surface area (Å²) >= 11 is 3.53. The molecule has 0 amide bonds. The molecule has 0 N–H and O–H groups in total. The van der Waals surface area contributed by atoms with Gasteiger partial charge >= 0.3 is 0 Å². The SMILES string of the molecule is CSc1ccc(N2CCCN(C(C)c3ccc4c(c3)CN=C(C)S4)CC2)nc1. The number of aromatic nitrogens is 1. The molecule has 4 rings (SSSR count). The number of hydrogen-bond donors (Lipinski definition) is 0. The second-order valence-corrected chi connectivity index (χ2v) is 9.53. The molecule has 0 spiro atoms. The number of benzene rings is 1. The Labute approximate surface area is 176 Å². The maximum Gasteiger partial charge on any atom is 0.128 e. The molecule has 0 radical (unpaired) electrons. The van der Waals surface area contributed by atoms with Crippen LogP contribution >= 0.6 is 23.5 Å². The van der Waals surface area contributed by atoms with Gasteiger partial charge in [0, 0.05) is 48.2 Å². The van der Waals surface area contributed by atoms with Gasteiger partial charge in [-0.2, -0.15) is 0 Å². The van der Waals surface area contributed by atoms with Crippen LogP contribution in [-0.4, -0.2) is 47.4 Å². The Morgan fingerprint density at radius 3 is 2.79 bits per heavy atom. The zero-order valence-electron chi connectivity index (χ0n) is 16.9. The van der Waals surface area contributed by atoms with Gasteiger partial charge in [-0.15, -0.1) is 11.8 Å². The summed E-state index contributed by atoms with van der Waals surface area (Å²) in [7, 11) is 0. The fourth-order valence-corrected chi connectivity index (χ4v) is 5.12. The van der Waals surface area contributed by atoms with E-state index in [-0.39, 0.29) is 0 Å². The van der Waals surface area contributed by atoms with Crippen LogP contribution in [-0.2, 0) is 6.54 Å². The Hall–Kier alpha value is -1.50. The summed E-state index contributed by atoms with van der Waals surface area (Å²) in [5, 5.41) is 1.17. The number of aliphatic imine (C=N–C) groups is 1. The van der Waals surface area contributed by atoms with E-state index in [1.165, 1.54) is 32.4 Å². The zero-order valence-corrected chi connectivity index (χ0v) is 18.5. The minimum atomic E-state index is 0.425.